The Balaban J connectivity index is 2.07. The van der Waals surface area contributed by atoms with Crippen molar-refractivity contribution in [3.05, 3.63) is 46.4 Å². The van der Waals surface area contributed by atoms with Crippen molar-refractivity contribution in [3.63, 3.8) is 0 Å². The van der Waals surface area contributed by atoms with Crippen molar-refractivity contribution in [3.8, 4) is 5.75 Å². The van der Waals surface area contributed by atoms with Crippen LogP contribution in [0.3, 0.4) is 0 Å². The molecule has 2 aromatic heterocycles. The molecule has 0 aliphatic carbocycles. The van der Waals surface area contributed by atoms with Gasteiger partial charge in [-0.3, -0.25) is 4.98 Å². The van der Waals surface area contributed by atoms with Crippen LogP contribution >= 0.6 is 11.3 Å². The third kappa shape index (κ3) is 3.55. The molecule has 1 atom stereocenters. The number of rotatable bonds is 5. The number of hydrogen-bond donors (Lipinski definition) is 1. The van der Waals surface area contributed by atoms with Gasteiger partial charge in [0, 0.05) is 12.2 Å². The van der Waals surface area contributed by atoms with E-state index in [1.807, 2.05) is 26.1 Å². The van der Waals surface area contributed by atoms with E-state index in [1.165, 1.54) is 5.56 Å². The topological polar surface area (TPSA) is 48.1 Å². The van der Waals surface area contributed by atoms with Gasteiger partial charge in [-0.1, -0.05) is 0 Å². The van der Waals surface area contributed by atoms with E-state index in [0.29, 0.717) is 0 Å². The first-order valence-corrected chi connectivity index (χ1v) is 6.97. The molecule has 0 aromatic carbocycles. The van der Waals surface area contributed by atoms with Crippen LogP contribution in [0.25, 0.3) is 0 Å². The summed E-state index contributed by atoms with van der Waals surface area (Å²) in [5.74, 6) is 0.781. The lowest BCUT2D eigenvalue weighted by molar-refractivity contribution is 0.241. The maximum Gasteiger partial charge on any atom is 0.138 e. The predicted molar refractivity (Wildman–Crippen MR) is 75.0 cm³/mol. The van der Waals surface area contributed by atoms with E-state index in [4.69, 9.17) is 10.5 Å². The Bertz CT molecular complexity index is 482. The van der Waals surface area contributed by atoms with Gasteiger partial charge in [0.2, 0.25) is 0 Å². The first kappa shape index (κ1) is 13.1. The van der Waals surface area contributed by atoms with Crippen molar-refractivity contribution in [1.29, 1.82) is 0 Å². The van der Waals surface area contributed by atoms with Gasteiger partial charge in [0.15, 0.2) is 0 Å². The van der Waals surface area contributed by atoms with Gasteiger partial charge in [-0.15, -0.1) is 0 Å². The first-order chi connectivity index (χ1) is 8.65. The van der Waals surface area contributed by atoms with Gasteiger partial charge >= 0.3 is 0 Å². The molecule has 3 nitrogen and oxygen atoms in total. The van der Waals surface area contributed by atoms with Gasteiger partial charge in [-0.25, -0.2) is 0 Å². The minimum Gasteiger partial charge on any atom is -0.489 e. The molecule has 0 aliphatic heterocycles. The number of hydrogen-bond acceptors (Lipinski definition) is 4. The predicted octanol–water partition coefficient (Wildman–Crippen LogP) is 3.17. The number of pyridine rings is 1. The zero-order valence-corrected chi connectivity index (χ0v) is 11.5. The normalized spacial score (nSPS) is 12.7. The second-order valence-electron chi connectivity index (χ2n) is 4.56. The van der Waals surface area contributed by atoms with Crippen molar-refractivity contribution >= 4 is 11.3 Å². The summed E-state index contributed by atoms with van der Waals surface area (Å²) in [4.78, 5) is 4.19. The molecule has 0 saturated heterocycles. The highest BCUT2D eigenvalue weighted by molar-refractivity contribution is 7.07. The SMILES string of the molecule is CC(C)Oc1cncc(C(N)Cc2ccsc2)c1. The molecule has 2 aromatic rings. The summed E-state index contributed by atoms with van der Waals surface area (Å²) in [5, 5.41) is 4.19. The van der Waals surface area contributed by atoms with E-state index in [1.54, 1.807) is 17.5 Å². The number of ether oxygens (including phenoxy) is 1. The van der Waals surface area contributed by atoms with E-state index in [0.717, 1.165) is 17.7 Å². The molecule has 0 radical (unpaired) electrons. The lowest BCUT2D eigenvalue weighted by Gasteiger charge is -2.14. The highest BCUT2D eigenvalue weighted by atomic mass is 32.1. The summed E-state index contributed by atoms with van der Waals surface area (Å²) in [5.41, 5.74) is 8.47. The number of aromatic nitrogens is 1. The van der Waals surface area contributed by atoms with Crippen LogP contribution in [0.4, 0.5) is 0 Å². The van der Waals surface area contributed by atoms with Crippen molar-refractivity contribution in [2.24, 2.45) is 5.73 Å². The number of thiophene rings is 1. The molecule has 18 heavy (non-hydrogen) atoms. The minimum atomic E-state index is -0.0391. The Morgan fingerprint density at radius 2 is 2.22 bits per heavy atom. The van der Waals surface area contributed by atoms with Gasteiger partial charge in [0.25, 0.3) is 0 Å². The smallest absolute Gasteiger partial charge is 0.138 e. The second-order valence-corrected chi connectivity index (χ2v) is 5.34. The van der Waals surface area contributed by atoms with Crippen LogP contribution in [0.5, 0.6) is 5.75 Å². The van der Waals surface area contributed by atoms with Crippen molar-refractivity contribution in [2.45, 2.75) is 32.4 Å². The molecular formula is C14H18N2OS. The highest BCUT2D eigenvalue weighted by Crippen LogP contribution is 2.21. The summed E-state index contributed by atoms with van der Waals surface area (Å²) in [6.07, 6.45) is 4.51. The molecule has 4 heteroatoms. The van der Waals surface area contributed by atoms with E-state index < -0.39 is 0 Å². The van der Waals surface area contributed by atoms with Gasteiger partial charge in [-0.2, -0.15) is 11.3 Å². The molecule has 2 rings (SSSR count). The van der Waals surface area contributed by atoms with Crippen LogP contribution in [0, 0.1) is 0 Å². The van der Waals surface area contributed by atoms with Gasteiger partial charge in [0.1, 0.15) is 5.75 Å². The quantitative estimate of drug-likeness (QED) is 0.900. The Morgan fingerprint density at radius 3 is 2.89 bits per heavy atom. The molecule has 0 saturated carbocycles. The molecule has 0 spiro atoms. The minimum absolute atomic E-state index is 0.0391. The molecule has 0 aliphatic rings. The zero-order chi connectivity index (χ0) is 13.0. The molecule has 0 amide bonds. The Labute approximate surface area is 112 Å². The third-order valence-electron chi connectivity index (χ3n) is 2.57. The molecule has 0 fully saturated rings. The van der Waals surface area contributed by atoms with Gasteiger partial charge in [0.05, 0.1) is 12.3 Å². The van der Waals surface area contributed by atoms with Crippen LogP contribution in [-0.2, 0) is 6.42 Å². The van der Waals surface area contributed by atoms with Crippen LogP contribution in [0.2, 0.25) is 0 Å². The van der Waals surface area contributed by atoms with Gasteiger partial charge in [-0.05, 0) is 54.3 Å². The van der Waals surface area contributed by atoms with Crippen molar-refractivity contribution in [2.75, 3.05) is 0 Å². The van der Waals surface area contributed by atoms with Crippen LogP contribution in [-0.4, -0.2) is 11.1 Å². The van der Waals surface area contributed by atoms with Crippen LogP contribution in [0.15, 0.2) is 35.3 Å². The fraction of sp³-hybridized carbons (Fsp3) is 0.357. The first-order valence-electron chi connectivity index (χ1n) is 6.03. The largest absolute Gasteiger partial charge is 0.489 e. The van der Waals surface area contributed by atoms with Gasteiger partial charge < -0.3 is 10.5 Å². The standard InChI is InChI=1S/C14H18N2OS/c1-10(2)17-13-6-12(7-16-8-13)14(15)5-11-3-4-18-9-11/h3-4,6-10,14H,5,15H2,1-2H3. The highest BCUT2D eigenvalue weighted by Gasteiger charge is 2.09. The molecular weight excluding hydrogens is 244 g/mol. The van der Waals surface area contributed by atoms with Crippen molar-refractivity contribution < 1.29 is 4.74 Å². The fourth-order valence-corrected chi connectivity index (χ4v) is 2.44. The molecule has 1 unspecified atom stereocenters. The number of nitrogens with two attached hydrogens (primary N) is 1. The zero-order valence-electron chi connectivity index (χ0n) is 10.7. The number of nitrogens with zero attached hydrogens (tertiary/aromatic N) is 1. The maximum absolute atomic E-state index is 6.19. The van der Waals surface area contributed by atoms with Crippen LogP contribution in [0.1, 0.15) is 31.0 Å². The lowest BCUT2D eigenvalue weighted by atomic mass is 10.0. The van der Waals surface area contributed by atoms with E-state index >= 15 is 0 Å². The van der Waals surface area contributed by atoms with E-state index in [9.17, 15) is 0 Å². The summed E-state index contributed by atoms with van der Waals surface area (Å²) in [7, 11) is 0. The lowest BCUT2D eigenvalue weighted by Crippen LogP contribution is -2.14. The third-order valence-corrected chi connectivity index (χ3v) is 3.30. The second kappa shape index (κ2) is 5.98. The fourth-order valence-electron chi connectivity index (χ4n) is 1.76. The average Bonchev–Trinajstić information content (AvgIpc) is 2.81. The summed E-state index contributed by atoms with van der Waals surface area (Å²) < 4.78 is 5.62. The Morgan fingerprint density at radius 1 is 1.39 bits per heavy atom. The maximum atomic E-state index is 6.19. The summed E-state index contributed by atoms with van der Waals surface area (Å²) >= 11 is 1.69. The van der Waals surface area contributed by atoms with Crippen molar-refractivity contribution in [1.82, 2.24) is 4.98 Å². The molecule has 2 heterocycles. The van der Waals surface area contributed by atoms with Crippen LogP contribution < -0.4 is 10.5 Å². The Kier molecular flexibility index (Phi) is 4.33. The Hall–Kier alpha value is -1.39. The van der Waals surface area contributed by atoms with E-state index in [-0.39, 0.29) is 12.1 Å². The monoisotopic (exact) mass is 262 g/mol. The molecule has 0 bridgehead atoms. The summed E-state index contributed by atoms with van der Waals surface area (Å²) in [6, 6.07) is 4.04. The van der Waals surface area contributed by atoms with E-state index in [2.05, 4.69) is 21.8 Å². The average molecular weight is 262 g/mol. The molecule has 96 valence electrons. The summed E-state index contributed by atoms with van der Waals surface area (Å²) in [6.45, 7) is 4.00. The molecule has 2 N–H and O–H groups in total.